The van der Waals surface area contributed by atoms with E-state index in [-0.39, 0.29) is 13.2 Å². The third-order valence-electron chi connectivity index (χ3n) is 2.24. The second-order valence-electron chi connectivity index (χ2n) is 5.62. The van der Waals surface area contributed by atoms with E-state index < -0.39 is 32.5 Å². The van der Waals surface area contributed by atoms with Crippen LogP contribution in [-0.2, 0) is 32.7 Å². The minimum atomic E-state index is -4.52. The number of esters is 2. The molecule has 0 saturated heterocycles. The summed E-state index contributed by atoms with van der Waals surface area (Å²) in [6.07, 6.45) is -1.02. The fourth-order valence-corrected chi connectivity index (χ4v) is 1.93. The van der Waals surface area contributed by atoms with Crippen LogP contribution in [0.25, 0.3) is 0 Å². The topological polar surface area (TPSA) is 111 Å². The lowest BCUT2D eigenvalue weighted by Crippen LogP contribution is -2.37. The predicted octanol–water partition coefficient (Wildman–Crippen LogP) is -0.311. The smallest absolute Gasteiger partial charge is 0.303 e. The summed E-state index contributed by atoms with van der Waals surface area (Å²) in [4.78, 5) is 33.2. The Bertz CT molecular complexity index is 420. The number of rotatable bonds is 10. The van der Waals surface area contributed by atoms with Gasteiger partial charge in [-0.15, -0.1) is 0 Å². The van der Waals surface area contributed by atoms with Crippen molar-refractivity contribution in [2.45, 2.75) is 20.0 Å². The number of quaternary nitrogens is 1. The molecule has 0 aromatic rings. The van der Waals surface area contributed by atoms with Crippen molar-refractivity contribution >= 4 is 19.8 Å². The van der Waals surface area contributed by atoms with Gasteiger partial charge in [-0.2, -0.15) is 0 Å². The van der Waals surface area contributed by atoms with Gasteiger partial charge in [0.05, 0.1) is 27.7 Å². The molecule has 0 aromatic carbocycles. The van der Waals surface area contributed by atoms with Crippen LogP contribution in [0.3, 0.4) is 0 Å². The molecule has 0 saturated carbocycles. The van der Waals surface area contributed by atoms with E-state index in [1.807, 2.05) is 21.1 Å². The number of carbonyl (C=O) groups is 2. The highest BCUT2D eigenvalue weighted by atomic mass is 31.2. The van der Waals surface area contributed by atoms with Gasteiger partial charge in [0.15, 0.2) is 6.10 Å². The minimum Gasteiger partial charge on any atom is -0.756 e. The number of hydrogen-bond acceptors (Lipinski definition) is 8. The van der Waals surface area contributed by atoms with Crippen molar-refractivity contribution in [3.8, 4) is 0 Å². The first-order valence-corrected chi connectivity index (χ1v) is 8.08. The third kappa shape index (κ3) is 12.7. The molecule has 0 amide bonds. The van der Waals surface area contributed by atoms with Gasteiger partial charge in [0.1, 0.15) is 19.8 Å². The Morgan fingerprint density at radius 1 is 1.09 bits per heavy atom. The standard InChI is InChI=1S/C12H24NO8P/c1-10(14)18-8-12(21-11(2)15)9-20-22(16,17)19-7-6-13(3,4)5/h12H,6-9H2,1-5H3. The molecule has 0 aliphatic rings. The van der Waals surface area contributed by atoms with Crippen molar-refractivity contribution < 1.29 is 42.1 Å². The lowest BCUT2D eigenvalue weighted by atomic mass is 10.4. The van der Waals surface area contributed by atoms with E-state index in [4.69, 9.17) is 9.26 Å². The van der Waals surface area contributed by atoms with Gasteiger partial charge in [0, 0.05) is 13.8 Å². The van der Waals surface area contributed by atoms with E-state index in [2.05, 4.69) is 9.26 Å². The number of phosphoric acid groups is 1. The molecule has 0 aliphatic heterocycles. The van der Waals surface area contributed by atoms with Gasteiger partial charge in [0.25, 0.3) is 7.82 Å². The van der Waals surface area contributed by atoms with Crippen LogP contribution >= 0.6 is 7.82 Å². The van der Waals surface area contributed by atoms with Crippen molar-refractivity contribution in [1.82, 2.24) is 0 Å². The highest BCUT2D eigenvalue weighted by Gasteiger charge is 2.19. The lowest BCUT2D eigenvalue weighted by molar-refractivity contribution is -0.870. The molecular formula is C12H24NO8P. The van der Waals surface area contributed by atoms with E-state index in [1.54, 1.807) is 0 Å². The van der Waals surface area contributed by atoms with Crippen LogP contribution in [0.15, 0.2) is 0 Å². The van der Waals surface area contributed by atoms with Gasteiger partial charge in [-0.3, -0.25) is 14.2 Å². The summed E-state index contributed by atoms with van der Waals surface area (Å²) < 4.78 is 30.9. The van der Waals surface area contributed by atoms with Crippen molar-refractivity contribution in [2.75, 3.05) is 47.5 Å². The van der Waals surface area contributed by atoms with Gasteiger partial charge >= 0.3 is 11.9 Å². The Labute approximate surface area is 130 Å². The second kappa shape index (κ2) is 9.22. The summed E-state index contributed by atoms with van der Waals surface area (Å²) in [5, 5.41) is 0. The Morgan fingerprint density at radius 3 is 2.14 bits per heavy atom. The van der Waals surface area contributed by atoms with Crippen LogP contribution in [0.2, 0.25) is 0 Å². The molecule has 0 heterocycles. The van der Waals surface area contributed by atoms with Crippen LogP contribution in [0.1, 0.15) is 13.8 Å². The third-order valence-corrected chi connectivity index (χ3v) is 3.20. The zero-order chi connectivity index (χ0) is 17.4. The van der Waals surface area contributed by atoms with E-state index >= 15 is 0 Å². The molecule has 10 heteroatoms. The lowest BCUT2D eigenvalue weighted by Gasteiger charge is -2.28. The quantitative estimate of drug-likeness (QED) is 0.302. The average molecular weight is 341 g/mol. The van der Waals surface area contributed by atoms with Crippen molar-refractivity contribution in [1.29, 1.82) is 0 Å². The number of nitrogens with zero attached hydrogens (tertiary/aromatic N) is 1. The Balaban J connectivity index is 4.32. The van der Waals surface area contributed by atoms with Gasteiger partial charge in [-0.1, -0.05) is 0 Å². The largest absolute Gasteiger partial charge is 0.756 e. The predicted molar refractivity (Wildman–Crippen MR) is 74.6 cm³/mol. The Kier molecular flexibility index (Phi) is 8.80. The molecule has 0 spiro atoms. The fourth-order valence-electron chi connectivity index (χ4n) is 1.20. The normalized spacial score (nSPS) is 15.7. The van der Waals surface area contributed by atoms with Gasteiger partial charge in [-0.25, -0.2) is 0 Å². The van der Waals surface area contributed by atoms with Gasteiger partial charge < -0.3 is 27.9 Å². The number of phosphoric ester groups is 1. The molecule has 0 aromatic heterocycles. The highest BCUT2D eigenvalue weighted by molar-refractivity contribution is 7.45. The maximum Gasteiger partial charge on any atom is 0.303 e. The molecular weight excluding hydrogens is 317 g/mol. The first-order valence-electron chi connectivity index (χ1n) is 6.62. The number of ether oxygens (including phenoxy) is 2. The van der Waals surface area contributed by atoms with Gasteiger partial charge in [0.2, 0.25) is 0 Å². The van der Waals surface area contributed by atoms with Crippen molar-refractivity contribution in [3.63, 3.8) is 0 Å². The Morgan fingerprint density at radius 2 is 1.68 bits per heavy atom. The minimum absolute atomic E-state index is 0.0353. The summed E-state index contributed by atoms with van der Waals surface area (Å²) in [6.45, 7) is 1.97. The fraction of sp³-hybridized carbons (Fsp3) is 0.833. The molecule has 0 N–H and O–H groups in total. The van der Waals surface area contributed by atoms with E-state index in [1.165, 1.54) is 6.92 Å². The summed E-state index contributed by atoms with van der Waals surface area (Å²) in [5.74, 6) is -1.23. The van der Waals surface area contributed by atoms with Gasteiger partial charge in [-0.05, 0) is 0 Å². The SMILES string of the molecule is CC(=O)OCC(COP(=O)([O-])OCC[N+](C)(C)C)OC(C)=O. The molecule has 0 rings (SSSR count). The summed E-state index contributed by atoms with van der Waals surface area (Å²) >= 11 is 0. The Hall–Kier alpha value is -0.990. The van der Waals surface area contributed by atoms with Crippen LogP contribution in [0.4, 0.5) is 0 Å². The van der Waals surface area contributed by atoms with Crippen LogP contribution < -0.4 is 4.89 Å². The monoisotopic (exact) mass is 341 g/mol. The van der Waals surface area contributed by atoms with Crippen LogP contribution in [0.5, 0.6) is 0 Å². The summed E-state index contributed by atoms with van der Waals surface area (Å²) in [5.41, 5.74) is 0. The summed E-state index contributed by atoms with van der Waals surface area (Å²) in [6, 6.07) is 0. The van der Waals surface area contributed by atoms with E-state index in [0.717, 1.165) is 6.92 Å². The molecule has 130 valence electrons. The number of likely N-dealkylation sites (N-methyl/N-ethyl adjacent to an activating group) is 1. The second-order valence-corrected chi connectivity index (χ2v) is 7.03. The molecule has 22 heavy (non-hydrogen) atoms. The van der Waals surface area contributed by atoms with E-state index in [0.29, 0.717) is 11.0 Å². The molecule has 0 bridgehead atoms. The molecule has 9 nitrogen and oxygen atoms in total. The first-order chi connectivity index (χ1) is 9.91. The zero-order valence-corrected chi connectivity index (χ0v) is 14.5. The zero-order valence-electron chi connectivity index (χ0n) is 13.6. The highest BCUT2D eigenvalue weighted by Crippen LogP contribution is 2.38. The van der Waals surface area contributed by atoms with Crippen molar-refractivity contribution in [2.24, 2.45) is 0 Å². The number of hydrogen-bond donors (Lipinski definition) is 0. The molecule has 2 unspecified atom stereocenters. The maximum absolute atomic E-state index is 11.6. The molecule has 0 aliphatic carbocycles. The molecule has 0 fully saturated rings. The molecule has 2 atom stereocenters. The average Bonchev–Trinajstić information content (AvgIpc) is 2.30. The summed E-state index contributed by atoms with van der Waals surface area (Å²) in [7, 11) is 1.14. The van der Waals surface area contributed by atoms with Crippen LogP contribution in [0, 0.1) is 0 Å². The van der Waals surface area contributed by atoms with Crippen LogP contribution in [-0.4, -0.2) is 70.0 Å². The van der Waals surface area contributed by atoms with Crippen molar-refractivity contribution in [3.05, 3.63) is 0 Å². The van der Waals surface area contributed by atoms with E-state index in [9.17, 15) is 19.0 Å². The molecule has 0 radical (unpaired) electrons. The maximum atomic E-state index is 11.6. The first kappa shape index (κ1) is 21.0. The number of carbonyl (C=O) groups excluding carboxylic acids is 2.